The van der Waals surface area contributed by atoms with Crippen molar-refractivity contribution in [3.8, 4) is 0 Å². The number of carbonyl (C=O) groups is 2. The topological polar surface area (TPSA) is 55.4 Å². The van der Waals surface area contributed by atoms with Crippen LogP contribution in [0.2, 0.25) is 0 Å². The van der Waals surface area contributed by atoms with Crippen molar-refractivity contribution in [1.82, 2.24) is 0 Å². The van der Waals surface area contributed by atoms with Crippen LogP contribution in [0.4, 0.5) is 10.5 Å². The average Bonchev–Trinajstić information content (AvgIpc) is 2.53. The summed E-state index contributed by atoms with van der Waals surface area (Å²) in [5, 5.41) is 2.76. The Morgan fingerprint density at radius 3 is 2.59 bits per heavy atom. The van der Waals surface area contributed by atoms with Crippen molar-refractivity contribution in [1.29, 1.82) is 0 Å². The van der Waals surface area contributed by atoms with Crippen molar-refractivity contribution >= 4 is 23.6 Å². The molecule has 0 atom stereocenters. The minimum Gasteiger partial charge on any atom is -0.438 e. The van der Waals surface area contributed by atoms with Gasteiger partial charge in [0.15, 0.2) is 0 Å². The quantitative estimate of drug-likeness (QED) is 0.615. The van der Waals surface area contributed by atoms with Crippen molar-refractivity contribution in [3.05, 3.63) is 35.4 Å². The van der Waals surface area contributed by atoms with Gasteiger partial charge in [0.1, 0.15) is 11.9 Å². The zero-order valence-corrected chi connectivity index (χ0v) is 13.4. The molecule has 0 aromatic heterocycles. The molecule has 4 nitrogen and oxygen atoms in total. The predicted molar refractivity (Wildman–Crippen MR) is 87.8 cm³/mol. The van der Waals surface area contributed by atoms with Crippen LogP contribution in [-0.4, -0.2) is 12.4 Å². The van der Waals surface area contributed by atoms with Gasteiger partial charge in [-0.2, -0.15) is 0 Å². The van der Waals surface area contributed by atoms with E-state index < -0.39 is 11.7 Å². The van der Waals surface area contributed by atoms with E-state index in [9.17, 15) is 9.59 Å². The van der Waals surface area contributed by atoms with Crippen LogP contribution < -0.4 is 5.32 Å². The molecule has 0 unspecified atom stereocenters. The average molecular weight is 301 g/mol. The van der Waals surface area contributed by atoms with Gasteiger partial charge < -0.3 is 4.74 Å². The van der Waals surface area contributed by atoms with Crippen LogP contribution in [0, 0.1) is 0 Å². The van der Waals surface area contributed by atoms with Gasteiger partial charge in [0, 0.05) is 5.56 Å². The number of carbonyl (C=O) groups excluding carboxylic acids is 2. The van der Waals surface area contributed by atoms with Gasteiger partial charge in [0.05, 0.1) is 5.69 Å². The standard InChI is InChI=1S/C18H23NO3/c1-4-7-13(10-11-20)14-8-9-16-15(12-14)18(5-2,6-3)22-17(21)19-16/h8-12H,4-7H2,1-3H3,(H,19,21). The number of amides is 1. The highest BCUT2D eigenvalue weighted by atomic mass is 16.6. The van der Waals surface area contributed by atoms with Crippen LogP contribution in [0.3, 0.4) is 0 Å². The Hall–Kier alpha value is -2.10. The summed E-state index contributed by atoms with van der Waals surface area (Å²) in [6.45, 7) is 6.13. The Balaban J connectivity index is 2.55. The summed E-state index contributed by atoms with van der Waals surface area (Å²) in [5.74, 6) is 0. The Bertz CT molecular complexity index is 600. The Morgan fingerprint density at radius 2 is 2.00 bits per heavy atom. The highest BCUT2D eigenvalue weighted by Crippen LogP contribution is 2.42. The van der Waals surface area contributed by atoms with Gasteiger partial charge in [-0.25, -0.2) is 4.79 Å². The zero-order chi connectivity index (χ0) is 16.2. The van der Waals surface area contributed by atoms with Crippen LogP contribution in [0.5, 0.6) is 0 Å². The third-order valence-electron chi connectivity index (χ3n) is 4.34. The fraction of sp³-hybridized carbons (Fsp3) is 0.444. The van der Waals surface area contributed by atoms with Crippen molar-refractivity contribution < 1.29 is 14.3 Å². The smallest absolute Gasteiger partial charge is 0.412 e. The van der Waals surface area contributed by atoms with E-state index in [1.165, 1.54) is 0 Å². The third kappa shape index (κ3) is 2.91. The molecule has 2 rings (SSSR count). The lowest BCUT2D eigenvalue weighted by atomic mass is 9.84. The van der Waals surface area contributed by atoms with E-state index in [4.69, 9.17) is 4.74 Å². The lowest BCUT2D eigenvalue weighted by molar-refractivity contribution is -0.104. The molecule has 118 valence electrons. The number of aldehydes is 1. The lowest BCUT2D eigenvalue weighted by Crippen LogP contribution is -2.38. The van der Waals surface area contributed by atoms with Crippen LogP contribution in [0.1, 0.15) is 57.6 Å². The maximum atomic E-state index is 11.8. The summed E-state index contributed by atoms with van der Waals surface area (Å²) >= 11 is 0. The molecule has 0 aliphatic carbocycles. The number of anilines is 1. The molecule has 1 amide bonds. The van der Waals surface area contributed by atoms with Crippen molar-refractivity contribution in [2.45, 2.75) is 52.1 Å². The summed E-state index contributed by atoms with van der Waals surface area (Å²) in [6.07, 6.45) is 5.29. The summed E-state index contributed by atoms with van der Waals surface area (Å²) in [7, 11) is 0. The minimum absolute atomic E-state index is 0.402. The maximum Gasteiger partial charge on any atom is 0.412 e. The summed E-state index contributed by atoms with van der Waals surface area (Å²) in [5.41, 5.74) is 3.22. The third-order valence-corrected chi connectivity index (χ3v) is 4.34. The number of benzene rings is 1. The first kappa shape index (κ1) is 16.3. The van der Waals surface area contributed by atoms with E-state index in [1.54, 1.807) is 6.08 Å². The van der Waals surface area contributed by atoms with Crippen molar-refractivity contribution in [2.75, 3.05) is 5.32 Å². The summed E-state index contributed by atoms with van der Waals surface area (Å²) < 4.78 is 5.61. The first-order valence-electron chi connectivity index (χ1n) is 7.89. The number of hydrogen-bond donors (Lipinski definition) is 1. The molecule has 1 aliphatic heterocycles. The fourth-order valence-corrected chi connectivity index (χ4v) is 3.05. The summed E-state index contributed by atoms with van der Waals surface area (Å²) in [4.78, 5) is 22.7. The van der Waals surface area contributed by atoms with E-state index in [0.717, 1.165) is 41.5 Å². The largest absolute Gasteiger partial charge is 0.438 e. The molecule has 4 heteroatoms. The van der Waals surface area contributed by atoms with E-state index >= 15 is 0 Å². The fourth-order valence-electron chi connectivity index (χ4n) is 3.05. The highest BCUT2D eigenvalue weighted by molar-refractivity contribution is 5.90. The first-order valence-corrected chi connectivity index (χ1v) is 7.89. The number of allylic oxidation sites excluding steroid dienone is 2. The number of hydrogen-bond acceptors (Lipinski definition) is 3. The lowest BCUT2D eigenvalue weighted by Gasteiger charge is -2.37. The highest BCUT2D eigenvalue weighted by Gasteiger charge is 2.39. The molecule has 0 saturated heterocycles. The van der Waals surface area contributed by atoms with Crippen molar-refractivity contribution in [3.63, 3.8) is 0 Å². The molecule has 0 radical (unpaired) electrons. The molecular formula is C18H23NO3. The molecule has 1 aromatic rings. The van der Waals surface area contributed by atoms with Gasteiger partial charge in [-0.3, -0.25) is 10.1 Å². The van der Waals surface area contributed by atoms with Gasteiger partial charge >= 0.3 is 6.09 Å². The molecule has 1 aromatic carbocycles. The molecule has 0 bridgehead atoms. The number of cyclic esters (lactones) is 1. The normalized spacial score (nSPS) is 16.5. The molecule has 0 fully saturated rings. The van der Waals surface area contributed by atoms with E-state index in [0.29, 0.717) is 12.8 Å². The molecule has 22 heavy (non-hydrogen) atoms. The van der Waals surface area contributed by atoms with Gasteiger partial charge in [-0.05, 0) is 48.6 Å². The second kappa shape index (κ2) is 6.77. The van der Waals surface area contributed by atoms with Gasteiger partial charge in [0.2, 0.25) is 0 Å². The van der Waals surface area contributed by atoms with Gasteiger partial charge in [-0.15, -0.1) is 0 Å². The SMILES string of the molecule is CCCC(=CC=O)c1ccc2c(c1)C(CC)(CC)OC(=O)N2. The number of fused-ring (bicyclic) bond motifs is 1. The molecule has 1 heterocycles. The Kier molecular flexibility index (Phi) is 5.01. The minimum atomic E-state index is -0.591. The van der Waals surface area contributed by atoms with Gasteiger partial charge in [0.25, 0.3) is 0 Å². The van der Waals surface area contributed by atoms with Crippen LogP contribution in [0.15, 0.2) is 24.3 Å². The zero-order valence-electron chi connectivity index (χ0n) is 13.4. The Labute approximate surface area is 131 Å². The predicted octanol–water partition coefficient (Wildman–Crippen LogP) is 4.65. The molecular weight excluding hydrogens is 278 g/mol. The van der Waals surface area contributed by atoms with E-state index in [-0.39, 0.29) is 0 Å². The second-order valence-corrected chi connectivity index (χ2v) is 5.55. The summed E-state index contributed by atoms with van der Waals surface area (Å²) in [6, 6.07) is 5.90. The second-order valence-electron chi connectivity index (χ2n) is 5.55. The molecule has 0 spiro atoms. The van der Waals surface area contributed by atoms with Crippen LogP contribution in [-0.2, 0) is 15.1 Å². The van der Waals surface area contributed by atoms with E-state index in [1.807, 2.05) is 32.0 Å². The van der Waals surface area contributed by atoms with E-state index in [2.05, 4.69) is 12.2 Å². The molecule has 1 aliphatic rings. The number of ether oxygens (including phenoxy) is 1. The number of rotatable bonds is 6. The Morgan fingerprint density at radius 1 is 1.27 bits per heavy atom. The van der Waals surface area contributed by atoms with Crippen LogP contribution >= 0.6 is 0 Å². The molecule has 0 saturated carbocycles. The molecule has 1 N–H and O–H groups in total. The van der Waals surface area contributed by atoms with Crippen LogP contribution in [0.25, 0.3) is 5.57 Å². The first-order chi connectivity index (χ1) is 10.6. The van der Waals surface area contributed by atoms with Gasteiger partial charge in [-0.1, -0.05) is 33.3 Å². The maximum absolute atomic E-state index is 11.8. The van der Waals surface area contributed by atoms with Crippen molar-refractivity contribution in [2.24, 2.45) is 0 Å². The number of nitrogens with one attached hydrogen (secondary N) is 1. The monoisotopic (exact) mass is 301 g/mol.